The van der Waals surface area contributed by atoms with E-state index >= 15 is 0 Å². The van der Waals surface area contributed by atoms with E-state index in [2.05, 4.69) is 20.8 Å². The van der Waals surface area contributed by atoms with Gasteiger partial charge in [-0.1, -0.05) is 104 Å². The molecule has 1 unspecified atom stereocenters. The molecule has 2 heteroatoms. The molecule has 0 aromatic carbocycles. The van der Waals surface area contributed by atoms with Crippen LogP contribution in [0, 0.1) is 5.92 Å². The maximum absolute atomic E-state index is 12.1. The summed E-state index contributed by atoms with van der Waals surface area (Å²) in [6.07, 6.45) is 20.1. The van der Waals surface area contributed by atoms with Gasteiger partial charge < -0.3 is 4.74 Å². The zero-order valence-corrected chi connectivity index (χ0v) is 16.9. The van der Waals surface area contributed by atoms with E-state index in [9.17, 15) is 4.79 Å². The Morgan fingerprint density at radius 1 is 0.667 bits per heavy atom. The Morgan fingerprint density at radius 3 is 1.62 bits per heavy atom. The first-order valence-electron chi connectivity index (χ1n) is 10.9. The molecule has 0 amide bonds. The van der Waals surface area contributed by atoms with Gasteiger partial charge in [-0.15, -0.1) is 0 Å². The minimum absolute atomic E-state index is 0.0462. The number of rotatable bonds is 18. The number of ether oxygens (including phenoxy) is 1. The van der Waals surface area contributed by atoms with Crippen molar-refractivity contribution in [3.63, 3.8) is 0 Å². The monoisotopic (exact) mass is 340 g/mol. The SMILES string of the molecule is CCCCCCCCCCCCC(CC)C(=O)OCCCCCC. The van der Waals surface area contributed by atoms with Crippen LogP contribution in [0.15, 0.2) is 0 Å². The summed E-state index contributed by atoms with van der Waals surface area (Å²) in [6.45, 7) is 7.20. The molecule has 0 aliphatic heterocycles. The van der Waals surface area contributed by atoms with E-state index in [1.54, 1.807) is 0 Å². The summed E-state index contributed by atoms with van der Waals surface area (Å²) in [5.74, 6) is 0.176. The Kier molecular flexibility index (Phi) is 18.4. The minimum atomic E-state index is 0.0462. The number of hydrogen-bond acceptors (Lipinski definition) is 2. The maximum Gasteiger partial charge on any atom is 0.308 e. The first kappa shape index (κ1) is 23.5. The molecule has 24 heavy (non-hydrogen) atoms. The third-order valence-corrected chi connectivity index (χ3v) is 4.97. The molecule has 0 radical (unpaired) electrons. The Balaban J connectivity index is 3.48. The lowest BCUT2D eigenvalue weighted by Gasteiger charge is -2.14. The van der Waals surface area contributed by atoms with Crippen molar-refractivity contribution in [1.29, 1.82) is 0 Å². The van der Waals surface area contributed by atoms with Gasteiger partial charge in [0.05, 0.1) is 12.5 Å². The molecule has 0 aliphatic rings. The van der Waals surface area contributed by atoms with Gasteiger partial charge in [-0.25, -0.2) is 0 Å². The fourth-order valence-electron chi connectivity index (χ4n) is 3.19. The van der Waals surface area contributed by atoms with Crippen molar-refractivity contribution in [2.45, 2.75) is 124 Å². The molecule has 0 heterocycles. The third-order valence-electron chi connectivity index (χ3n) is 4.97. The highest BCUT2D eigenvalue weighted by Gasteiger charge is 2.17. The highest BCUT2D eigenvalue weighted by atomic mass is 16.5. The van der Waals surface area contributed by atoms with E-state index < -0.39 is 0 Å². The quantitative estimate of drug-likeness (QED) is 0.191. The molecule has 1 atom stereocenters. The van der Waals surface area contributed by atoms with Crippen molar-refractivity contribution in [3.8, 4) is 0 Å². The molecule has 144 valence electrons. The average Bonchev–Trinajstić information content (AvgIpc) is 2.59. The van der Waals surface area contributed by atoms with Crippen LogP contribution in [0.1, 0.15) is 124 Å². The number of carbonyl (C=O) groups excluding carboxylic acids is 1. The van der Waals surface area contributed by atoms with Crippen LogP contribution >= 0.6 is 0 Å². The number of carbonyl (C=O) groups is 1. The summed E-state index contributed by atoms with van der Waals surface area (Å²) in [4.78, 5) is 12.1. The van der Waals surface area contributed by atoms with Crippen molar-refractivity contribution in [3.05, 3.63) is 0 Å². The van der Waals surface area contributed by atoms with Crippen LogP contribution in [0.5, 0.6) is 0 Å². The van der Waals surface area contributed by atoms with Gasteiger partial charge in [-0.05, 0) is 19.3 Å². The smallest absolute Gasteiger partial charge is 0.308 e. The van der Waals surface area contributed by atoms with Crippen LogP contribution in [0.25, 0.3) is 0 Å². The third kappa shape index (κ3) is 15.0. The normalized spacial score (nSPS) is 12.3. The standard InChI is InChI=1S/C22H44O2/c1-4-7-9-11-12-13-14-15-16-17-19-21(6-3)22(23)24-20-18-10-8-5-2/h21H,4-20H2,1-3H3. The summed E-state index contributed by atoms with van der Waals surface area (Å²) < 4.78 is 5.45. The zero-order chi connectivity index (χ0) is 17.9. The molecule has 0 saturated carbocycles. The highest BCUT2D eigenvalue weighted by molar-refractivity contribution is 5.72. The predicted octanol–water partition coefficient (Wildman–Crippen LogP) is 7.45. The van der Waals surface area contributed by atoms with E-state index in [0.717, 1.165) is 19.3 Å². The summed E-state index contributed by atoms with van der Waals surface area (Å²) in [7, 11) is 0. The molecule has 0 rings (SSSR count). The van der Waals surface area contributed by atoms with E-state index in [0.29, 0.717) is 6.61 Å². The minimum Gasteiger partial charge on any atom is -0.465 e. The van der Waals surface area contributed by atoms with Gasteiger partial charge in [0.1, 0.15) is 0 Å². The molecule has 0 N–H and O–H groups in total. The van der Waals surface area contributed by atoms with Crippen LogP contribution in [0.3, 0.4) is 0 Å². The van der Waals surface area contributed by atoms with Gasteiger partial charge in [0.15, 0.2) is 0 Å². The summed E-state index contributed by atoms with van der Waals surface area (Å²) >= 11 is 0. The molecule has 0 aromatic heterocycles. The van der Waals surface area contributed by atoms with E-state index in [4.69, 9.17) is 4.74 Å². The molecular weight excluding hydrogens is 296 g/mol. The Labute approximate surface area is 152 Å². The van der Waals surface area contributed by atoms with E-state index in [1.165, 1.54) is 83.5 Å². The van der Waals surface area contributed by atoms with Crippen molar-refractivity contribution >= 4 is 5.97 Å². The first-order chi connectivity index (χ1) is 11.8. The lowest BCUT2D eigenvalue weighted by atomic mass is 9.98. The molecule has 2 nitrogen and oxygen atoms in total. The van der Waals surface area contributed by atoms with Crippen molar-refractivity contribution in [2.24, 2.45) is 5.92 Å². The van der Waals surface area contributed by atoms with Crippen LogP contribution < -0.4 is 0 Å². The fraction of sp³-hybridized carbons (Fsp3) is 0.955. The second kappa shape index (κ2) is 18.8. The van der Waals surface area contributed by atoms with Gasteiger partial charge in [0.25, 0.3) is 0 Å². The van der Waals surface area contributed by atoms with Crippen molar-refractivity contribution in [1.82, 2.24) is 0 Å². The van der Waals surface area contributed by atoms with Gasteiger partial charge in [0, 0.05) is 0 Å². The topological polar surface area (TPSA) is 26.3 Å². The molecular formula is C22H44O2. The number of esters is 1. The van der Waals surface area contributed by atoms with Crippen LogP contribution in [-0.4, -0.2) is 12.6 Å². The van der Waals surface area contributed by atoms with Crippen molar-refractivity contribution in [2.75, 3.05) is 6.61 Å². The Morgan fingerprint density at radius 2 is 1.12 bits per heavy atom. The summed E-state index contributed by atoms with van der Waals surface area (Å²) in [5.41, 5.74) is 0. The van der Waals surface area contributed by atoms with Gasteiger partial charge in [-0.3, -0.25) is 4.79 Å². The largest absolute Gasteiger partial charge is 0.465 e. The zero-order valence-electron chi connectivity index (χ0n) is 16.9. The maximum atomic E-state index is 12.1. The number of hydrogen-bond donors (Lipinski definition) is 0. The lowest BCUT2D eigenvalue weighted by Crippen LogP contribution is -2.17. The number of unbranched alkanes of at least 4 members (excludes halogenated alkanes) is 12. The first-order valence-corrected chi connectivity index (χ1v) is 10.9. The van der Waals surface area contributed by atoms with Gasteiger partial charge >= 0.3 is 5.97 Å². The fourth-order valence-corrected chi connectivity index (χ4v) is 3.19. The second-order valence-electron chi connectivity index (χ2n) is 7.30. The molecule has 0 bridgehead atoms. The van der Waals surface area contributed by atoms with Crippen molar-refractivity contribution < 1.29 is 9.53 Å². The van der Waals surface area contributed by atoms with E-state index in [-0.39, 0.29) is 11.9 Å². The van der Waals surface area contributed by atoms with Crippen LogP contribution in [-0.2, 0) is 9.53 Å². The molecule has 0 saturated heterocycles. The van der Waals surface area contributed by atoms with Crippen LogP contribution in [0.4, 0.5) is 0 Å². The lowest BCUT2D eigenvalue weighted by molar-refractivity contribution is -0.149. The second-order valence-corrected chi connectivity index (χ2v) is 7.30. The highest BCUT2D eigenvalue weighted by Crippen LogP contribution is 2.17. The Hall–Kier alpha value is -0.530. The van der Waals surface area contributed by atoms with E-state index in [1.807, 2.05) is 0 Å². The molecule has 0 spiro atoms. The molecule has 0 aliphatic carbocycles. The van der Waals surface area contributed by atoms with Gasteiger partial charge in [-0.2, -0.15) is 0 Å². The Bertz CT molecular complexity index is 263. The summed E-state index contributed by atoms with van der Waals surface area (Å²) in [5, 5.41) is 0. The predicted molar refractivity (Wildman–Crippen MR) is 105 cm³/mol. The summed E-state index contributed by atoms with van der Waals surface area (Å²) in [6, 6.07) is 0. The molecule has 0 aromatic rings. The average molecular weight is 341 g/mol. The van der Waals surface area contributed by atoms with Gasteiger partial charge in [0.2, 0.25) is 0 Å². The van der Waals surface area contributed by atoms with Crippen LogP contribution in [0.2, 0.25) is 0 Å². The molecule has 0 fully saturated rings.